The first-order valence-corrected chi connectivity index (χ1v) is 5.98. The Balaban J connectivity index is 1.57. The van der Waals surface area contributed by atoms with Crippen LogP contribution in [0.15, 0.2) is 0 Å². The van der Waals surface area contributed by atoms with Crippen LogP contribution in [0.25, 0.3) is 0 Å². The van der Waals surface area contributed by atoms with E-state index in [4.69, 9.17) is 4.74 Å². The molecule has 14 heavy (non-hydrogen) atoms. The predicted octanol–water partition coefficient (Wildman–Crippen LogP) is 0.712. The summed E-state index contributed by atoms with van der Waals surface area (Å²) in [5, 5.41) is 7.04. The van der Waals surface area contributed by atoms with Crippen molar-refractivity contribution in [3.8, 4) is 0 Å². The fraction of sp³-hybridized carbons (Fsp3) is 1.00. The highest BCUT2D eigenvalue weighted by Gasteiger charge is 2.41. The van der Waals surface area contributed by atoms with Crippen LogP contribution in [0.2, 0.25) is 0 Å². The molecule has 3 rings (SSSR count). The van der Waals surface area contributed by atoms with Crippen LogP contribution in [0.3, 0.4) is 0 Å². The largest absolute Gasteiger partial charge is 0.359 e. The van der Waals surface area contributed by atoms with Crippen molar-refractivity contribution < 1.29 is 4.74 Å². The second-order valence-electron chi connectivity index (χ2n) is 5.06. The maximum absolute atomic E-state index is 6.05. The highest BCUT2D eigenvalue weighted by molar-refractivity contribution is 4.92. The summed E-state index contributed by atoms with van der Waals surface area (Å²) in [4.78, 5) is 0. The molecule has 1 aliphatic carbocycles. The summed E-state index contributed by atoms with van der Waals surface area (Å²) in [5.74, 6) is 1.76. The fourth-order valence-electron chi connectivity index (χ4n) is 2.72. The summed E-state index contributed by atoms with van der Waals surface area (Å²) in [6.45, 7) is 4.30. The maximum atomic E-state index is 6.05. The molecule has 3 heteroatoms. The molecule has 0 aromatic heterocycles. The van der Waals surface area contributed by atoms with Crippen LogP contribution >= 0.6 is 0 Å². The quantitative estimate of drug-likeness (QED) is 0.648. The normalized spacial score (nSPS) is 44.1. The summed E-state index contributed by atoms with van der Waals surface area (Å²) >= 11 is 0. The van der Waals surface area contributed by atoms with Crippen LogP contribution in [0.4, 0.5) is 0 Å². The van der Waals surface area contributed by atoms with E-state index in [1.165, 1.54) is 32.2 Å². The Labute approximate surface area is 85.6 Å². The lowest BCUT2D eigenvalue weighted by Gasteiger charge is -2.44. The Morgan fingerprint density at radius 1 is 1.21 bits per heavy atom. The van der Waals surface area contributed by atoms with Gasteiger partial charge in [-0.25, -0.2) is 0 Å². The van der Waals surface area contributed by atoms with Gasteiger partial charge in [0.25, 0.3) is 0 Å². The molecular formula is C11H20N2O. The van der Waals surface area contributed by atoms with Crippen molar-refractivity contribution in [2.45, 2.75) is 31.4 Å². The summed E-state index contributed by atoms with van der Waals surface area (Å²) in [7, 11) is 0. The van der Waals surface area contributed by atoms with Gasteiger partial charge in [0.05, 0.1) is 6.61 Å². The van der Waals surface area contributed by atoms with Gasteiger partial charge in [-0.05, 0) is 44.1 Å². The minimum absolute atomic E-state index is 0.0103. The summed E-state index contributed by atoms with van der Waals surface area (Å²) in [6, 6.07) is 0. The molecule has 3 fully saturated rings. The smallest absolute Gasteiger partial charge is 0.131 e. The Morgan fingerprint density at radius 2 is 2.14 bits per heavy atom. The summed E-state index contributed by atoms with van der Waals surface area (Å²) in [6.07, 6.45) is 5.28. The second kappa shape index (κ2) is 3.47. The van der Waals surface area contributed by atoms with Crippen molar-refractivity contribution in [3.63, 3.8) is 0 Å². The van der Waals surface area contributed by atoms with Crippen LogP contribution in [0, 0.1) is 11.8 Å². The first kappa shape index (κ1) is 9.13. The predicted molar refractivity (Wildman–Crippen MR) is 55.0 cm³/mol. The molecule has 3 aliphatic rings. The zero-order valence-electron chi connectivity index (χ0n) is 8.72. The van der Waals surface area contributed by atoms with E-state index in [0.717, 1.165) is 31.5 Å². The zero-order chi connectivity index (χ0) is 9.43. The minimum Gasteiger partial charge on any atom is -0.359 e. The Morgan fingerprint density at radius 3 is 2.71 bits per heavy atom. The van der Waals surface area contributed by atoms with Crippen molar-refractivity contribution in [2.75, 3.05) is 26.2 Å². The van der Waals surface area contributed by atoms with Gasteiger partial charge < -0.3 is 10.1 Å². The Kier molecular flexibility index (Phi) is 2.26. The first-order chi connectivity index (χ1) is 6.88. The molecule has 0 amide bonds. The van der Waals surface area contributed by atoms with Crippen LogP contribution in [0.5, 0.6) is 0 Å². The molecule has 0 radical (unpaired) electrons. The SMILES string of the molecule is C1CNCC2(C1)NCC(C1CC1)CO2. The zero-order valence-corrected chi connectivity index (χ0v) is 8.72. The molecule has 0 aromatic carbocycles. The number of piperidine rings is 1. The van der Waals surface area contributed by atoms with Gasteiger partial charge in [-0.2, -0.15) is 0 Å². The van der Waals surface area contributed by atoms with E-state index in [2.05, 4.69) is 10.6 Å². The van der Waals surface area contributed by atoms with E-state index < -0.39 is 0 Å². The van der Waals surface area contributed by atoms with E-state index in [9.17, 15) is 0 Å². The number of hydrogen-bond donors (Lipinski definition) is 2. The molecule has 2 heterocycles. The highest BCUT2D eigenvalue weighted by atomic mass is 16.5. The van der Waals surface area contributed by atoms with E-state index in [1.54, 1.807) is 0 Å². The number of hydrogen-bond acceptors (Lipinski definition) is 3. The molecular weight excluding hydrogens is 176 g/mol. The van der Waals surface area contributed by atoms with Crippen LogP contribution in [-0.2, 0) is 4.74 Å². The van der Waals surface area contributed by atoms with Gasteiger partial charge in [0.15, 0.2) is 0 Å². The van der Waals surface area contributed by atoms with Gasteiger partial charge in [0.2, 0.25) is 0 Å². The van der Waals surface area contributed by atoms with Crippen LogP contribution in [0.1, 0.15) is 25.7 Å². The molecule has 2 unspecified atom stereocenters. The highest BCUT2D eigenvalue weighted by Crippen LogP contribution is 2.39. The lowest BCUT2D eigenvalue weighted by atomic mass is 9.96. The van der Waals surface area contributed by atoms with Gasteiger partial charge in [-0.15, -0.1) is 0 Å². The molecule has 80 valence electrons. The Hall–Kier alpha value is -0.120. The molecule has 2 aliphatic heterocycles. The first-order valence-electron chi connectivity index (χ1n) is 5.98. The van der Waals surface area contributed by atoms with Crippen molar-refractivity contribution >= 4 is 0 Å². The molecule has 2 atom stereocenters. The van der Waals surface area contributed by atoms with Gasteiger partial charge in [0.1, 0.15) is 5.72 Å². The lowest BCUT2D eigenvalue weighted by molar-refractivity contribution is -0.129. The van der Waals surface area contributed by atoms with E-state index in [1.807, 2.05) is 0 Å². The van der Waals surface area contributed by atoms with Gasteiger partial charge in [0, 0.05) is 13.1 Å². The minimum atomic E-state index is -0.0103. The average Bonchev–Trinajstić information content (AvgIpc) is 3.04. The molecule has 1 spiro atoms. The van der Waals surface area contributed by atoms with E-state index in [-0.39, 0.29) is 5.72 Å². The van der Waals surface area contributed by atoms with Gasteiger partial charge >= 0.3 is 0 Å². The summed E-state index contributed by atoms with van der Waals surface area (Å²) in [5.41, 5.74) is -0.0103. The fourth-order valence-corrected chi connectivity index (χ4v) is 2.72. The Bertz CT molecular complexity index is 199. The molecule has 0 aromatic rings. The third-order valence-electron chi connectivity index (χ3n) is 3.89. The molecule has 0 bridgehead atoms. The van der Waals surface area contributed by atoms with Crippen LogP contribution < -0.4 is 10.6 Å². The number of rotatable bonds is 1. The number of nitrogens with one attached hydrogen (secondary N) is 2. The second-order valence-corrected chi connectivity index (χ2v) is 5.06. The van der Waals surface area contributed by atoms with Gasteiger partial charge in [-0.3, -0.25) is 5.32 Å². The van der Waals surface area contributed by atoms with Gasteiger partial charge in [-0.1, -0.05) is 0 Å². The topological polar surface area (TPSA) is 33.3 Å². The molecule has 3 nitrogen and oxygen atoms in total. The van der Waals surface area contributed by atoms with Crippen LogP contribution in [-0.4, -0.2) is 32.0 Å². The van der Waals surface area contributed by atoms with Crippen molar-refractivity contribution in [3.05, 3.63) is 0 Å². The lowest BCUT2D eigenvalue weighted by Crippen LogP contribution is -2.62. The standard InChI is InChI=1S/C11H20N2O/c1-4-11(8-12-5-1)13-6-10(7-14-11)9-2-3-9/h9-10,12-13H,1-8H2. The van der Waals surface area contributed by atoms with Crippen molar-refractivity contribution in [1.82, 2.24) is 10.6 Å². The van der Waals surface area contributed by atoms with E-state index in [0.29, 0.717) is 0 Å². The third-order valence-corrected chi connectivity index (χ3v) is 3.89. The van der Waals surface area contributed by atoms with Crippen molar-refractivity contribution in [1.29, 1.82) is 0 Å². The molecule has 1 saturated carbocycles. The van der Waals surface area contributed by atoms with Crippen molar-refractivity contribution in [2.24, 2.45) is 11.8 Å². The molecule has 2 N–H and O–H groups in total. The van der Waals surface area contributed by atoms with E-state index >= 15 is 0 Å². The summed E-state index contributed by atoms with van der Waals surface area (Å²) < 4.78 is 6.05. The third kappa shape index (κ3) is 1.69. The number of ether oxygens (including phenoxy) is 1. The monoisotopic (exact) mass is 196 g/mol. The maximum Gasteiger partial charge on any atom is 0.131 e. The average molecular weight is 196 g/mol. The molecule has 2 saturated heterocycles.